The number of halogens is 1. The van der Waals surface area contributed by atoms with Gasteiger partial charge >= 0.3 is 0 Å². The third kappa shape index (κ3) is 3.10. The third-order valence-corrected chi connectivity index (χ3v) is 5.61. The molecule has 8 nitrogen and oxygen atoms in total. The monoisotopic (exact) mass is 388 g/mol. The molecule has 2 N–H and O–H groups in total. The quantitative estimate of drug-likeness (QED) is 0.695. The van der Waals surface area contributed by atoms with E-state index >= 15 is 0 Å². The highest BCUT2D eigenvalue weighted by molar-refractivity contribution is 6.23. The average Bonchev–Trinajstić information content (AvgIpc) is 3.18. The minimum absolute atomic E-state index is 0.0830. The van der Waals surface area contributed by atoms with Gasteiger partial charge in [0.2, 0.25) is 11.8 Å². The van der Waals surface area contributed by atoms with Crippen molar-refractivity contribution in [1.82, 2.24) is 20.4 Å². The van der Waals surface area contributed by atoms with Crippen LogP contribution in [0.3, 0.4) is 0 Å². The zero-order valence-electron chi connectivity index (χ0n) is 15.4. The normalized spacial score (nSPS) is 27.5. The van der Waals surface area contributed by atoms with Gasteiger partial charge in [-0.15, -0.1) is 0 Å². The molecule has 3 unspecified atom stereocenters. The van der Waals surface area contributed by atoms with Crippen LogP contribution in [-0.2, 0) is 16.1 Å². The molecule has 28 heavy (non-hydrogen) atoms. The van der Waals surface area contributed by atoms with Crippen LogP contribution in [0.25, 0.3) is 0 Å². The molecule has 9 heteroatoms. The topological polar surface area (TPSA) is 98.8 Å². The summed E-state index contributed by atoms with van der Waals surface area (Å²) in [5.41, 5.74) is 1.26. The number of carbonyl (C=O) groups is 4. The highest BCUT2D eigenvalue weighted by Crippen LogP contribution is 2.29. The van der Waals surface area contributed by atoms with Gasteiger partial charge in [-0.2, -0.15) is 0 Å². The first-order chi connectivity index (χ1) is 13.4. The number of amides is 4. The number of carbonyl (C=O) groups excluding carboxylic acids is 4. The van der Waals surface area contributed by atoms with Crippen molar-refractivity contribution in [2.45, 2.75) is 37.6 Å². The van der Waals surface area contributed by atoms with Crippen molar-refractivity contribution in [2.24, 2.45) is 0 Å². The Morgan fingerprint density at radius 1 is 1.14 bits per heavy atom. The molecule has 0 spiro atoms. The highest BCUT2D eigenvalue weighted by atomic mass is 19.1. The molecule has 0 aromatic heterocycles. The van der Waals surface area contributed by atoms with Crippen molar-refractivity contribution in [1.29, 1.82) is 0 Å². The molecule has 0 saturated carbocycles. The number of fused-ring (bicyclic) bond motifs is 1. The van der Waals surface area contributed by atoms with E-state index in [9.17, 15) is 23.6 Å². The summed E-state index contributed by atoms with van der Waals surface area (Å²) in [6.45, 7) is 1.32. The van der Waals surface area contributed by atoms with Crippen molar-refractivity contribution in [3.05, 3.63) is 34.9 Å². The van der Waals surface area contributed by atoms with Crippen LogP contribution in [0.1, 0.15) is 39.1 Å². The Morgan fingerprint density at radius 2 is 1.89 bits per heavy atom. The van der Waals surface area contributed by atoms with Gasteiger partial charge < -0.3 is 5.32 Å². The van der Waals surface area contributed by atoms with E-state index in [4.69, 9.17) is 0 Å². The molecule has 3 aliphatic rings. The highest BCUT2D eigenvalue weighted by Gasteiger charge is 2.44. The van der Waals surface area contributed by atoms with Crippen LogP contribution < -0.4 is 10.6 Å². The fraction of sp³-hybridized carbons (Fsp3) is 0.474. The molecule has 0 aliphatic carbocycles. The first-order valence-electron chi connectivity index (χ1n) is 9.26. The lowest BCUT2D eigenvalue weighted by Crippen LogP contribution is -2.54. The lowest BCUT2D eigenvalue weighted by Gasteiger charge is -2.27. The average molecular weight is 388 g/mol. The fourth-order valence-corrected chi connectivity index (χ4v) is 4.09. The second-order valence-electron chi connectivity index (χ2n) is 7.48. The summed E-state index contributed by atoms with van der Waals surface area (Å²) in [5.74, 6) is -2.10. The molecule has 2 saturated heterocycles. The predicted octanol–water partition coefficient (Wildman–Crippen LogP) is -0.170. The van der Waals surface area contributed by atoms with Gasteiger partial charge in [-0.3, -0.25) is 34.3 Å². The molecule has 1 aromatic carbocycles. The Morgan fingerprint density at radius 3 is 2.57 bits per heavy atom. The number of hydrogen-bond donors (Lipinski definition) is 2. The second kappa shape index (κ2) is 7.06. The van der Waals surface area contributed by atoms with Crippen LogP contribution in [0.4, 0.5) is 4.39 Å². The third-order valence-electron chi connectivity index (χ3n) is 5.61. The van der Waals surface area contributed by atoms with Crippen LogP contribution in [0, 0.1) is 0 Å². The summed E-state index contributed by atoms with van der Waals surface area (Å²) < 4.78 is 13.9. The van der Waals surface area contributed by atoms with E-state index in [0.29, 0.717) is 19.6 Å². The zero-order valence-corrected chi connectivity index (χ0v) is 15.4. The first kappa shape index (κ1) is 18.7. The van der Waals surface area contributed by atoms with Gasteiger partial charge in [-0.05, 0) is 31.2 Å². The summed E-state index contributed by atoms with van der Waals surface area (Å²) in [4.78, 5) is 51.8. The first-order valence-corrected chi connectivity index (χ1v) is 9.26. The maximum absolute atomic E-state index is 13.9. The molecule has 4 rings (SSSR count). The number of rotatable bonds is 4. The number of alkyl halides is 1. The summed E-state index contributed by atoms with van der Waals surface area (Å²) in [6.07, 6.45) is -0.747. The van der Waals surface area contributed by atoms with Crippen molar-refractivity contribution in [2.75, 3.05) is 20.1 Å². The number of likely N-dealkylation sites (N-methyl/N-ethyl adjacent to an activating group) is 1. The Kier molecular flexibility index (Phi) is 4.72. The molecule has 0 bridgehead atoms. The van der Waals surface area contributed by atoms with E-state index in [2.05, 4.69) is 10.6 Å². The van der Waals surface area contributed by atoms with Crippen LogP contribution in [0.5, 0.6) is 0 Å². The lowest BCUT2D eigenvalue weighted by molar-refractivity contribution is -0.136. The Bertz CT molecular complexity index is 873. The van der Waals surface area contributed by atoms with Gasteiger partial charge in [-0.1, -0.05) is 6.07 Å². The van der Waals surface area contributed by atoms with E-state index in [1.807, 2.05) is 11.9 Å². The molecular formula is C19H21FN4O4. The number of hydrogen-bond acceptors (Lipinski definition) is 6. The Hall–Kier alpha value is -2.65. The molecule has 148 valence electrons. The Balaban J connectivity index is 1.54. The fourth-order valence-electron chi connectivity index (χ4n) is 4.09. The maximum atomic E-state index is 13.9. The number of imide groups is 2. The molecule has 3 atom stereocenters. The summed E-state index contributed by atoms with van der Waals surface area (Å²) in [5, 5.41) is 5.18. The van der Waals surface area contributed by atoms with Gasteiger partial charge in [0.1, 0.15) is 12.2 Å². The van der Waals surface area contributed by atoms with Crippen LogP contribution >= 0.6 is 0 Å². The van der Waals surface area contributed by atoms with E-state index in [-0.39, 0.29) is 30.0 Å². The molecule has 2 fully saturated rings. The van der Waals surface area contributed by atoms with Gasteiger partial charge in [0.05, 0.1) is 17.2 Å². The van der Waals surface area contributed by atoms with Crippen LogP contribution in [0.15, 0.2) is 18.2 Å². The Labute approximate surface area is 161 Å². The molecule has 0 radical (unpaired) electrons. The van der Waals surface area contributed by atoms with Crippen molar-refractivity contribution in [3.63, 3.8) is 0 Å². The lowest BCUT2D eigenvalue weighted by atomic mass is 10.0. The van der Waals surface area contributed by atoms with Crippen LogP contribution in [-0.4, -0.2) is 71.8 Å². The molecule has 3 heterocycles. The second-order valence-corrected chi connectivity index (χ2v) is 7.48. The predicted molar refractivity (Wildman–Crippen MR) is 96.1 cm³/mol. The van der Waals surface area contributed by atoms with Crippen molar-refractivity contribution < 1.29 is 23.6 Å². The van der Waals surface area contributed by atoms with E-state index in [1.165, 1.54) is 0 Å². The van der Waals surface area contributed by atoms with Gasteiger partial charge in [0.25, 0.3) is 11.8 Å². The number of benzene rings is 1. The van der Waals surface area contributed by atoms with Gasteiger partial charge in [-0.25, -0.2) is 4.39 Å². The molecule has 4 amide bonds. The van der Waals surface area contributed by atoms with Crippen molar-refractivity contribution >= 4 is 23.6 Å². The summed E-state index contributed by atoms with van der Waals surface area (Å²) in [6, 6.07) is 3.72. The summed E-state index contributed by atoms with van der Waals surface area (Å²) >= 11 is 0. The molecule has 3 aliphatic heterocycles. The van der Waals surface area contributed by atoms with Crippen molar-refractivity contribution in [3.8, 4) is 0 Å². The minimum atomic E-state index is -0.979. The molecular weight excluding hydrogens is 367 g/mol. The largest absolute Gasteiger partial charge is 0.312 e. The van der Waals surface area contributed by atoms with Crippen LogP contribution in [0.2, 0.25) is 0 Å². The number of nitrogens with one attached hydrogen (secondary N) is 2. The smallest absolute Gasteiger partial charge is 0.262 e. The zero-order chi connectivity index (χ0) is 20.0. The standard InChI is InChI=1S/C19H21FN4O4/c1-23(15-8-21-7-13(15)20)9-10-2-3-11-12(6-10)19(28)24(18(11)27)14-4-5-16(25)22-17(14)26/h2-3,6,13-15,21H,4-5,7-9H2,1H3,(H,22,25,26). The SMILES string of the molecule is CN(Cc1ccc2c(c1)C(=O)N(C1CCC(=O)NC1=O)C2=O)C1CNCC1F. The van der Waals surface area contributed by atoms with E-state index in [1.54, 1.807) is 18.2 Å². The van der Waals surface area contributed by atoms with Gasteiger partial charge in [0, 0.05) is 26.1 Å². The number of piperidine rings is 1. The van der Waals surface area contributed by atoms with Gasteiger partial charge in [0.15, 0.2) is 0 Å². The number of nitrogens with zero attached hydrogens (tertiary/aromatic N) is 2. The summed E-state index contributed by atoms with van der Waals surface area (Å²) in [7, 11) is 1.82. The van der Waals surface area contributed by atoms with E-state index < -0.39 is 35.8 Å². The molecule has 1 aromatic rings. The minimum Gasteiger partial charge on any atom is -0.312 e. The maximum Gasteiger partial charge on any atom is 0.262 e. The van der Waals surface area contributed by atoms with E-state index in [0.717, 1.165) is 10.5 Å².